The third-order valence-electron chi connectivity index (χ3n) is 4.31. The van der Waals surface area contributed by atoms with Crippen molar-refractivity contribution in [3.63, 3.8) is 0 Å². The lowest BCUT2D eigenvalue weighted by atomic mass is 10.1. The topological polar surface area (TPSA) is 73.8 Å². The van der Waals surface area contributed by atoms with Crippen LogP contribution in [0.25, 0.3) is 22.4 Å². The van der Waals surface area contributed by atoms with Gasteiger partial charge in [-0.2, -0.15) is 16.9 Å². The molecule has 0 amide bonds. The zero-order valence-corrected chi connectivity index (χ0v) is 17.6. The van der Waals surface area contributed by atoms with Gasteiger partial charge in [-0.1, -0.05) is 67.2 Å². The highest BCUT2D eigenvalue weighted by Crippen LogP contribution is 2.27. The first-order chi connectivity index (χ1) is 14.3. The number of rotatable bonds is 8. The summed E-state index contributed by atoms with van der Waals surface area (Å²) >= 11 is 3.41. The van der Waals surface area contributed by atoms with Crippen molar-refractivity contribution in [1.82, 2.24) is 20.0 Å². The summed E-state index contributed by atoms with van der Waals surface area (Å²) in [4.78, 5) is 13.0. The smallest absolute Gasteiger partial charge is 0.276 e. The summed E-state index contributed by atoms with van der Waals surface area (Å²) in [7, 11) is 0. The van der Waals surface area contributed by atoms with E-state index in [-0.39, 0.29) is 5.56 Å². The second-order valence-corrected chi connectivity index (χ2v) is 8.70. The monoisotopic (exact) mass is 424 g/mol. The minimum Gasteiger partial charge on any atom is -0.410 e. The van der Waals surface area contributed by atoms with Crippen LogP contribution in [-0.2, 0) is 6.54 Å². The largest absolute Gasteiger partial charge is 0.410 e. The van der Waals surface area contributed by atoms with Crippen molar-refractivity contribution in [2.75, 3.05) is 17.3 Å². The van der Waals surface area contributed by atoms with E-state index in [0.717, 1.165) is 22.8 Å². The third-order valence-corrected chi connectivity index (χ3v) is 6.29. The highest BCUT2D eigenvalue weighted by atomic mass is 32.2. The fourth-order valence-electron chi connectivity index (χ4n) is 2.95. The summed E-state index contributed by atoms with van der Waals surface area (Å²) < 4.78 is 7.32. The number of thioether (sulfide) groups is 2. The van der Waals surface area contributed by atoms with Crippen LogP contribution in [0.15, 0.2) is 69.0 Å². The van der Waals surface area contributed by atoms with Crippen LogP contribution in [0, 0.1) is 0 Å². The first-order valence-electron chi connectivity index (χ1n) is 9.34. The molecule has 2 aromatic carbocycles. The van der Waals surface area contributed by atoms with Crippen LogP contribution >= 0.6 is 23.5 Å². The number of benzene rings is 2. The quantitative estimate of drug-likeness (QED) is 0.308. The van der Waals surface area contributed by atoms with Crippen molar-refractivity contribution >= 4 is 34.3 Å². The van der Waals surface area contributed by atoms with Crippen LogP contribution in [0.1, 0.15) is 12.5 Å². The predicted molar refractivity (Wildman–Crippen MR) is 119 cm³/mol. The van der Waals surface area contributed by atoms with E-state index in [4.69, 9.17) is 4.42 Å². The number of aromatic nitrogens is 4. The Balaban J connectivity index is 1.71. The first-order valence-corrected chi connectivity index (χ1v) is 11.5. The summed E-state index contributed by atoms with van der Waals surface area (Å²) in [5.74, 6) is 3.35. The normalized spacial score (nSPS) is 11.2. The Hall–Kier alpha value is -2.58. The molecule has 2 heterocycles. The minimum absolute atomic E-state index is 0.140. The molecule has 0 atom stereocenters. The SMILES string of the molecule is CCSCCSc1nnc(-c2nn(Cc3ccccc3)c(=O)c3ccccc23)o1. The molecule has 0 spiro atoms. The molecule has 8 heteroatoms. The fourth-order valence-corrected chi connectivity index (χ4v) is 4.46. The van der Waals surface area contributed by atoms with Crippen LogP contribution in [0.3, 0.4) is 0 Å². The summed E-state index contributed by atoms with van der Waals surface area (Å²) in [5.41, 5.74) is 1.39. The van der Waals surface area contributed by atoms with E-state index in [2.05, 4.69) is 22.2 Å². The predicted octanol–water partition coefficient (Wildman–Crippen LogP) is 4.34. The second-order valence-electron chi connectivity index (χ2n) is 6.26. The molecule has 6 nitrogen and oxygen atoms in total. The highest BCUT2D eigenvalue weighted by molar-refractivity contribution is 8.02. The van der Waals surface area contributed by atoms with Gasteiger partial charge in [0, 0.05) is 16.9 Å². The summed E-state index contributed by atoms with van der Waals surface area (Å²) in [6.45, 7) is 2.52. The molecule has 0 fully saturated rings. The highest BCUT2D eigenvalue weighted by Gasteiger charge is 2.17. The van der Waals surface area contributed by atoms with Crippen molar-refractivity contribution in [2.24, 2.45) is 0 Å². The van der Waals surface area contributed by atoms with Gasteiger partial charge in [0.25, 0.3) is 16.7 Å². The third kappa shape index (κ3) is 4.54. The van der Waals surface area contributed by atoms with E-state index >= 15 is 0 Å². The van der Waals surface area contributed by atoms with Crippen molar-refractivity contribution in [2.45, 2.75) is 18.7 Å². The van der Waals surface area contributed by atoms with Gasteiger partial charge in [0.05, 0.1) is 11.9 Å². The molecule has 2 aromatic heterocycles. The maximum atomic E-state index is 13.0. The van der Waals surface area contributed by atoms with Gasteiger partial charge in [-0.15, -0.1) is 10.2 Å². The Kier molecular flexibility index (Phi) is 6.31. The minimum atomic E-state index is -0.140. The lowest BCUT2D eigenvalue weighted by molar-refractivity contribution is 0.463. The Bertz CT molecular complexity index is 1160. The molecule has 0 unspecified atom stereocenters. The number of hydrogen-bond acceptors (Lipinski definition) is 7. The maximum Gasteiger partial charge on any atom is 0.276 e. The molecule has 29 heavy (non-hydrogen) atoms. The molecule has 0 bridgehead atoms. The molecule has 4 aromatic rings. The second kappa shape index (κ2) is 9.28. The summed E-state index contributed by atoms with van der Waals surface area (Å²) in [5, 5.41) is 14.7. The molecule has 0 aliphatic carbocycles. The fraction of sp³-hybridized carbons (Fsp3) is 0.238. The van der Waals surface area contributed by atoms with Crippen molar-refractivity contribution in [1.29, 1.82) is 0 Å². The Morgan fingerprint density at radius 3 is 2.52 bits per heavy atom. The molecule has 4 rings (SSSR count). The average molecular weight is 425 g/mol. The Morgan fingerprint density at radius 1 is 0.966 bits per heavy atom. The van der Waals surface area contributed by atoms with E-state index in [1.165, 1.54) is 16.4 Å². The van der Waals surface area contributed by atoms with Crippen LogP contribution in [0.5, 0.6) is 0 Å². The Labute approximate surface area is 176 Å². The van der Waals surface area contributed by atoms with E-state index in [1.807, 2.05) is 60.3 Å². The molecular formula is C21H20N4O2S2. The van der Waals surface area contributed by atoms with E-state index < -0.39 is 0 Å². The van der Waals surface area contributed by atoms with Gasteiger partial charge in [-0.25, -0.2) is 4.68 Å². The van der Waals surface area contributed by atoms with Gasteiger partial charge < -0.3 is 4.42 Å². The molecular weight excluding hydrogens is 404 g/mol. The van der Waals surface area contributed by atoms with Crippen molar-refractivity contribution < 1.29 is 4.42 Å². The van der Waals surface area contributed by atoms with Crippen LogP contribution in [0.2, 0.25) is 0 Å². The zero-order valence-electron chi connectivity index (χ0n) is 15.9. The van der Waals surface area contributed by atoms with Gasteiger partial charge in [0.15, 0.2) is 5.69 Å². The number of nitrogens with zero attached hydrogens (tertiary/aromatic N) is 4. The Morgan fingerprint density at radius 2 is 1.72 bits per heavy atom. The first kappa shape index (κ1) is 19.7. The molecule has 148 valence electrons. The number of fused-ring (bicyclic) bond motifs is 1. The molecule has 0 aliphatic rings. The molecule has 0 N–H and O–H groups in total. The zero-order chi connectivity index (χ0) is 20.1. The van der Waals surface area contributed by atoms with Crippen LogP contribution in [-0.4, -0.2) is 37.2 Å². The summed E-state index contributed by atoms with van der Waals surface area (Å²) in [6.07, 6.45) is 0. The van der Waals surface area contributed by atoms with E-state index in [0.29, 0.717) is 34.1 Å². The molecule has 0 saturated carbocycles. The van der Waals surface area contributed by atoms with Gasteiger partial charge in [-0.05, 0) is 17.4 Å². The lowest BCUT2D eigenvalue weighted by Crippen LogP contribution is -2.24. The van der Waals surface area contributed by atoms with Crippen LogP contribution < -0.4 is 5.56 Å². The summed E-state index contributed by atoms with van der Waals surface area (Å²) in [6, 6.07) is 17.2. The van der Waals surface area contributed by atoms with E-state index in [1.54, 1.807) is 6.07 Å². The van der Waals surface area contributed by atoms with Gasteiger partial charge in [-0.3, -0.25) is 4.79 Å². The molecule has 0 aliphatic heterocycles. The van der Waals surface area contributed by atoms with Crippen molar-refractivity contribution in [3.8, 4) is 11.6 Å². The van der Waals surface area contributed by atoms with Gasteiger partial charge >= 0.3 is 0 Å². The number of hydrogen-bond donors (Lipinski definition) is 0. The molecule has 0 radical (unpaired) electrons. The average Bonchev–Trinajstić information content (AvgIpc) is 3.23. The van der Waals surface area contributed by atoms with Crippen molar-refractivity contribution in [3.05, 3.63) is 70.5 Å². The van der Waals surface area contributed by atoms with Gasteiger partial charge in [0.1, 0.15) is 0 Å². The standard InChI is InChI=1S/C21H20N4O2S2/c1-2-28-12-13-29-21-23-22-19(27-21)18-16-10-6-7-11-17(16)20(26)25(24-18)14-15-8-4-3-5-9-15/h3-11H,2,12-14H2,1H3. The van der Waals surface area contributed by atoms with Crippen LogP contribution in [0.4, 0.5) is 0 Å². The molecule has 0 saturated heterocycles. The van der Waals surface area contributed by atoms with Gasteiger partial charge in [0.2, 0.25) is 0 Å². The maximum absolute atomic E-state index is 13.0. The lowest BCUT2D eigenvalue weighted by Gasteiger charge is -2.09. The van der Waals surface area contributed by atoms with E-state index in [9.17, 15) is 4.79 Å².